The molecule has 0 saturated heterocycles. The van der Waals surface area contributed by atoms with Gasteiger partial charge in [-0.05, 0) is 80.9 Å². The normalized spacial score (nSPS) is 11.3. The molecule has 2 heterocycles. The minimum Gasteiger partial charge on any atom is -0.228 e. The maximum Gasteiger partial charge on any atom is 0.161 e. The molecule has 0 aliphatic rings. The molecule has 0 saturated carbocycles. The summed E-state index contributed by atoms with van der Waals surface area (Å²) in [5.41, 5.74) is 14.1. The second kappa shape index (κ2) is 14.1. The summed E-state index contributed by atoms with van der Waals surface area (Å²) in [6.45, 7) is 0. The van der Waals surface area contributed by atoms with Crippen molar-refractivity contribution in [1.82, 2.24) is 9.97 Å². The highest BCUT2D eigenvalue weighted by Gasteiger charge is 2.18. The summed E-state index contributed by atoms with van der Waals surface area (Å²) in [5.74, 6) is 0.693. The van der Waals surface area contributed by atoms with Gasteiger partial charge in [0.05, 0.1) is 11.4 Å². The van der Waals surface area contributed by atoms with Gasteiger partial charge in [0.15, 0.2) is 5.82 Å². The van der Waals surface area contributed by atoms with Gasteiger partial charge in [-0.1, -0.05) is 170 Å². The lowest BCUT2D eigenvalue weighted by atomic mass is 9.93. The summed E-state index contributed by atoms with van der Waals surface area (Å²) in [4.78, 5) is 10.8. The highest BCUT2D eigenvalue weighted by molar-refractivity contribution is 7.25. The number of rotatable bonds is 7. The zero-order valence-corrected chi connectivity index (χ0v) is 30.7. The molecular weight excluding hydrogens is 685 g/mol. The Bertz CT molecular complexity index is 2890. The number of benzene rings is 8. The van der Waals surface area contributed by atoms with Crippen LogP contribution in [0.2, 0.25) is 0 Å². The lowest BCUT2D eigenvalue weighted by Gasteiger charge is -2.15. The third kappa shape index (κ3) is 6.31. The average Bonchev–Trinajstić information content (AvgIpc) is 3.66. The van der Waals surface area contributed by atoms with Crippen molar-refractivity contribution in [2.75, 3.05) is 0 Å². The molecule has 0 N–H and O–H groups in total. The Labute approximate surface area is 324 Å². The standard InChI is InChI=1S/C52H34N2S/c1-4-15-35(16-5-1)38-27-29-39(30-28-38)47-34-48(42-32-40(36-17-6-2-7-18-36)31-41(33-42)37-19-8-3-9-20-37)54-52(53-47)45-22-11-10-21-43(45)44-24-14-26-50-51(44)46-23-12-13-25-49(46)55-50/h1-34H. The summed E-state index contributed by atoms with van der Waals surface area (Å²) in [6.07, 6.45) is 0. The van der Waals surface area contributed by atoms with E-state index in [0.717, 1.165) is 55.9 Å². The molecule has 0 amide bonds. The van der Waals surface area contributed by atoms with Crippen LogP contribution in [0, 0.1) is 0 Å². The molecule has 0 atom stereocenters. The van der Waals surface area contributed by atoms with Gasteiger partial charge in [-0.3, -0.25) is 0 Å². The van der Waals surface area contributed by atoms with Crippen molar-refractivity contribution in [3.05, 3.63) is 206 Å². The molecule has 0 bridgehead atoms. The highest BCUT2D eigenvalue weighted by Crippen LogP contribution is 2.43. The summed E-state index contributed by atoms with van der Waals surface area (Å²) in [7, 11) is 0. The van der Waals surface area contributed by atoms with Crippen molar-refractivity contribution in [2.45, 2.75) is 0 Å². The van der Waals surface area contributed by atoms with E-state index < -0.39 is 0 Å². The van der Waals surface area contributed by atoms with E-state index in [1.807, 2.05) is 11.3 Å². The first-order chi connectivity index (χ1) is 27.2. The second-order valence-corrected chi connectivity index (χ2v) is 14.8. The van der Waals surface area contributed by atoms with Crippen LogP contribution in [0.3, 0.4) is 0 Å². The molecule has 8 aromatic carbocycles. The molecule has 10 rings (SSSR count). The van der Waals surface area contributed by atoms with E-state index in [4.69, 9.17) is 9.97 Å². The van der Waals surface area contributed by atoms with E-state index in [9.17, 15) is 0 Å². The molecule has 2 aromatic heterocycles. The Hall–Kier alpha value is -6.94. The number of nitrogens with zero attached hydrogens (tertiary/aromatic N) is 2. The van der Waals surface area contributed by atoms with Gasteiger partial charge in [-0.15, -0.1) is 11.3 Å². The van der Waals surface area contributed by atoms with Gasteiger partial charge in [0.1, 0.15) is 0 Å². The SMILES string of the molecule is c1ccc(-c2ccc(-c3cc(-c4cc(-c5ccccc5)cc(-c5ccccc5)c4)nc(-c4ccccc4-c4cccc5sc6ccccc6c45)n3)cc2)cc1. The Balaban J connectivity index is 1.20. The number of fused-ring (bicyclic) bond motifs is 3. The molecule has 0 unspecified atom stereocenters. The largest absolute Gasteiger partial charge is 0.228 e. The van der Waals surface area contributed by atoms with Gasteiger partial charge >= 0.3 is 0 Å². The van der Waals surface area contributed by atoms with Gasteiger partial charge in [0.25, 0.3) is 0 Å². The van der Waals surface area contributed by atoms with Crippen molar-refractivity contribution < 1.29 is 0 Å². The Kier molecular flexibility index (Phi) is 8.40. The molecule has 0 aliphatic heterocycles. The van der Waals surface area contributed by atoms with Crippen molar-refractivity contribution in [3.63, 3.8) is 0 Å². The Morgan fingerprint density at radius 1 is 0.291 bits per heavy atom. The van der Waals surface area contributed by atoms with Crippen LogP contribution in [-0.2, 0) is 0 Å². The van der Waals surface area contributed by atoms with Crippen LogP contribution < -0.4 is 0 Å². The summed E-state index contributed by atoms with van der Waals surface area (Å²) >= 11 is 1.84. The van der Waals surface area contributed by atoms with Crippen molar-refractivity contribution >= 4 is 31.5 Å². The maximum absolute atomic E-state index is 5.44. The van der Waals surface area contributed by atoms with E-state index in [2.05, 4.69) is 206 Å². The van der Waals surface area contributed by atoms with Crippen LogP contribution in [0.5, 0.6) is 0 Å². The van der Waals surface area contributed by atoms with E-state index in [0.29, 0.717) is 5.82 Å². The van der Waals surface area contributed by atoms with Crippen LogP contribution in [0.1, 0.15) is 0 Å². The Morgan fingerprint density at radius 2 is 0.745 bits per heavy atom. The minimum atomic E-state index is 0.693. The molecule has 0 radical (unpaired) electrons. The fourth-order valence-electron chi connectivity index (χ4n) is 7.61. The smallest absolute Gasteiger partial charge is 0.161 e. The summed E-state index contributed by atoms with van der Waals surface area (Å²) < 4.78 is 2.56. The predicted molar refractivity (Wildman–Crippen MR) is 233 cm³/mol. The third-order valence-corrected chi connectivity index (χ3v) is 11.5. The first kappa shape index (κ1) is 32.7. The molecule has 0 aliphatic carbocycles. The minimum absolute atomic E-state index is 0.693. The quantitative estimate of drug-likeness (QED) is 0.164. The average molecular weight is 719 g/mol. The fraction of sp³-hybridized carbons (Fsp3) is 0. The van der Waals surface area contributed by atoms with Gasteiger partial charge in [0, 0.05) is 36.9 Å². The zero-order valence-electron chi connectivity index (χ0n) is 29.9. The molecule has 0 fully saturated rings. The molecule has 10 aromatic rings. The van der Waals surface area contributed by atoms with Gasteiger partial charge in [-0.25, -0.2) is 9.97 Å². The predicted octanol–water partition coefficient (Wildman–Crippen LogP) is 14.5. The monoisotopic (exact) mass is 718 g/mol. The number of hydrogen-bond acceptors (Lipinski definition) is 3. The van der Waals surface area contributed by atoms with Crippen LogP contribution in [0.15, 0.2) is 206 Å². The first-order valence-corrected chi connectivity index (χ1v) is 19.4. The zero-order chi connectivity index (χ0) is 36.6. The molecular formula is C52H34N2S. The lowest BCUT2D eigenvalue weighted by Crippen LogP contribution is -1.98. The van der Waals surface area contributed by atoms with E-state index in [1.165, 1.54) is 36.9 Å². The Morgan fingerprint density at radius 3 is 1.40 bits per heavy atom. The fourth-order valence-corrected chi connectivity index (χ4v) is 8.74. The highest BCUT2D eigenvalue weighted by atomic mass is 32.1. The van der Waals surface area contributed by atoms with E-state index >= 15 is 0 Å². The van der Waals surface area contributed by atoms with E-state index in [-0.39, 0.29) is 0 Å². The van der Waals surface area contributed by atoms with Crippen LogP contribution in [0.4, 0.5) is 0 Å². The number of thiophene rings is 1. The summed E-state index contributed by atoms with van der Waals surface area (Å²) in [6, 6.07) is 73.3. The first-order valence-electron chi connectivity index (χ1n) is 18.6. The van der Waals surface area contributed by atoms with Crippen molar-refractivity contribution in [2.24, 2.45) is 0 Å². The van der Waals surface area contributed by atoms with E-state index in [1.54, 1.807) is 0 Å². The third-order valence-electron chi connectivity index (χ3n) is 10.3. The van der Waals surface area contributed by atoms with Gasteiger partial charge < -0.3 is 0 Å². The van der Waals surface area contributed by atoms with Crippen molar-refractivity contribution in [1.29, 1.82) is 0 Å². The van der Waals surface area contributed by atoms with Crippen LogP contribution in [0.25, 0.3) is 98.6 Å². The molecule has 2 nitrogen and oxygen atoms in total. The molecule has 55 heavy (non-hydrogen) atoms. The number of aromatic nitrogens is 2. The molecule has 3 heteroatoms. The lowest BCUT2D eigenvalue weighted by molar-refractivity contribution is 1.18. The molecule has 0 spiro atoms. The van der Waals surface area contributed by atoms with Crippen molar-refractivity contribution in [3.8, 4) is 78.4 Å². The van der Waals surface area contributed by atoms with Crippen LogP contribution >= 0.6 is 11.3 Å². The number of hydrogen-bond donors (Lipinski definition) is 0. The van der Waals surface area contributed by atoms with Crippen LogP contribution in [-0.4, -0.2) is 9.97 Å². The van der Waals surface area contributed by atoms with Gasteiger partial charge in [-0.2, -0.15) is 0 Å². The second-order valence-electron chi connectivity index (χ2n) is 13.8. The molecule has 258 valence electrons. The van der Waals surface area contributed by atoms with Gasteiger partial charge in [0.2, 0.25) is 0 Å². The maximum atomic E-state index is 5.44. The topological polar surface area (TPSA) is 25.8 Å². The summed E-state index contributed by atoms with van der Waals surface area (Å²) in [5, 5.41) is 2.54.